The molecule has 0 amide bonds. The summed E-state index contributed by atoms with van der Waals surface area (Å²) in [5.41, 5.74) is 4.53. The van der Waals surface area contributed by atoms with Crippen molar-refractivity contribution in [2.45, 2.75) is 46.8 Å². The summed E-state index contributed by atoms with van der Waals surface area (Å²) in [6.07, 6.45) is 2.20. The number of pyridine rings is 1. The second kappa shape index (κ2) is 10.00. The lowest BCUT2D eigenvalue weighted by atomic mass is 10.1. The van der Waals surface area contributed by atoms with E-state index < -0.39 is 5.97 Å². The van der Waals surface area contributed by atoms with E-state index in [1.807, 2.05) is 99.0 Å². The molecule has 34 heavy (non-hydrogen) atoms. The van der Waals surface area contributed by atoms with Gasteiger partial charge in [-0.3, -0.25) is 4.40 Å². The first-order valence-electron chi connectivity index (χ1n) is 11.6. The van der Waals surface area contributed by atoms with Crippen LogP contribution in [0.15, 0.2) is 66.9 Å². The van der Waals surface area contributed by atoms with Gasteiger partial charge in [0, 0.05) is 11.8 Å². The SMILES string of the molecule is CCOC(=O)c1nc2ccc(-c3ccc(OC(C)C)cc3)cn2c1-c1ccc(OC(C)C)cc1. The monoisotopic (exact) mass is 458 g/mol. The first kappa shape index (κ1) is 23.4. The van der Waals surface area contributed by atoms with Gasteiger partial charge in [-0.05, 0) is 94.3 Å². The summed E-state index contributed by atoms with van der Waals surface area (Å²) in [4.78, 5) is 17.4. The van der Waals surface area contributed by atoms with E-state index in [2.05, 4.69) is 4.98 Å². The highest BCUT2D eigenvalue weighted by molar-refractivity contribution is 5.96. The van der Waals surface area contributed by atoms with Crippen LogP contribution in [0.5, 0.6) is 11.5 Å². The summed E-state index contributed by atoms with van der Waals surface area (Å²) in [7, 11) is 0. The number of nitrogens with zero attached hydrogens (tertiary/aromatic N) is 2. The van der Waals surface area contributed by atoms with E-state index in [4.69, 9.17) is 14.2 Å². The minimum absolute atomic E-state index is 0.0802. The molecule has 0 spiro atoms. The highest BCUT2D eigenvalue weighted by Crippen LogP contribution is 2.31. The molecule has 6 heteroatoms. The number of imidazole rings is 1. The Morgan fingerprint density at radius 1 is 0.794 bits per heavy atom. The molecule has 0 saturated heterocycles. The summed E-state index contributed by atoms with van der Waals surface area (Å²) < 4.78 is 18.8. The first-order chi connectivity index (χ1) is 16.4. The van der Waals surface area contributed by atoms with Gasteiger partial charge in [-0.1, -0.05) is 12.1 Å². The molecule has 2 aromatic heterocycles. The van der Waals surface area contributed by atoms with Crippen molar-refractivity contribution < 1.29 is 19.0 Å². The number of esters is 1. The minimum Gasteiger partial charge on any atom is -0.491 e. The van der Waals surface area contributed by atoms with Crippen LogP contribution in [-0.4, -0.2) is 34.2 Å². The van der Waals surface area contributed by atoms with Crippen LogP contribution >= 0.6 is 0 Å². The van der Waals surface area contributed by atoms with Gasteiger partial charge in [0.05, 0.1) is 24.5 Å². The van der Waals surface area contributed by atoms with E-state index in [-0.39, 0.29) is 24.5 Å². The maximum absolute atomic E-state index is 12.8. The van der Waals surface area contributed by atoms with Crippen molar-refractivity contribution >= 4 is 11.6 Å². The fourth-order valence-corrected chi connectivity index (χ4v) is 3.79. The maximum atomic E-state index is 12.8. The highest BCUT2D eigenvalue weighted by Gasteiger charge is 2.22. The summed E-state index contributed by atoms with van der Waals surface area (Å²) in [6.45, 7) is 10.1. The van der Waals surface area contributed by atoms with Crippen LogP contribution in [0.1, 0.15) is 45.1 Å². The van der Waals surface area contributed by atoms with Gasteiger partial charge in [0.1, 0.15) is 17.1 Å². The molecule has 0 radical (unpaired) electrons. The number of ether oxygens (including phenoxy) is 3. The fraction of sp³-hybridized carbons (Fsp3) is 0.286. The molecule has 0 aliphatic carbocycles. The number of rotatable bonds is 8. The zero-order valence-corrected chi connectivity index (χ0v) is 20.2. The van der Waals surface area contributed by atoms with Gasteiger partial charge in [0.15, 0.2) is 5.69 Å². The lowest BCUT2D eigenvalue weighted by Gasteiger charge is -2.12. The lowest BCUT2D eigenvalue weighted by molar-refractivity contribution is 0.0521. The van der Waals surface area contributed by atoms with E-state index in [0.717, 1.165) is 28.2 Å². The molecule has 2 heterocycles. The Morgan fingerprint density at radius 2 is 1.32 bits per heavy atom. The standard InChI is InChI=1S/C28H30N2O4/c1-6-32-28(31)26-27(21-9-14-24(15-10-21)34-19(4)5)30-17-22(11-16-25(30)29-26)20-7-12-23(13-8-20)33-18(2)3/h7-19H,6H2,1-5H3. The molecule has 0 saturated carbocycles. The Labute approximate surface area is 200 Å². The van der Waals surface area contributed by atoms with E-state index in [1.165, 1.54) is 0 Å². The third-order valence-corrected chi connectivity index (χ3v) is 5.15. The second-order valence-corrected chi connectivity index (χ2v) is 8.56. The minimum atomic E-state index is -0.444. The zero-order valence-electron chi connectivity index (χ0n) is 20.2. The van der Waals surface area contributed by atoms with Crippen molar-refractivity contribution in [1.82, 2.24) is 9.38 Å². The number of hydrogen-bond donors (Lipinski definition) is 0. The van der Waals surface area contributed by atoms with Crippen molar-refractivity contribution in [3.05, 3.63) is 72.6 Å². The number of carbonyl (C=O) groups is 1. The molecule has 0 atom stereocenters. The van der Waals surface area contributed by atoms with Crippen LogP contribution in [0.4, 0.5) is 0 Å². The van der Waals surface area contributed by atoms with E-state index in [1.54, 1.807) is 6.92 Å². The first-order valence-corrected chi connectivity index (χ1v) is 11.6. The molecule has 6 nitrogen and oxygen atoms in total. The quantitative estimate of drug-likeness (QED) is 0.285. The van der Waals surface area contributed by atoms with Crippen LogP contribution in [0.2, 0.25) is 0 Å². The molecule has 0 bridgehead atoms. The lowest BCUT2D eigenvalue weighted by Crippen LogP contribution is -2.07. The van der Waals surface area contributed by atoms with Crippen LogP contribution in [0.25, 0.3) is 28.0 Å². The normalized spacial score (nSPS) is 11.3. The van der Waals surface area contributed by atoms with Crippen LogP contribution < -0.4 is 9.47 Å². The summed E-state index contributed by atoms with van der Waals surface area (Å²) >= 11 is 0. The molecule has 0 fully saturated rings. The topological polar surface area (TPSA) is 62.1 Å². The zero-order chi connectivity index (χ0) is 24.2. The Morgan fingerprint density at radius 3 is 1.85 bits per heavy atom. The van der Waals surface area contributed by atoms with E-state index in [0.29, 0.717) is 11.3 Å². The number of hydrogen-bond acceptors (Lipinski definition) is 5. The number of carbonyl (C=O) groups excluding carboxylic acids is 1. The average Bonchev–Trinajstić information content (AvgIpc) is 3.18. The average molecular weight is 459 g/mol. The number of fused-ring (bicyclic) bond motifs is 1. The molecule has 0 aliphatic heterocycles. The summed E-state index contributed by atoms with van der Waals surface area (Å²) in [6, 6.07) is 19.6. The molecule has 0 N–H and O–H groups in total. The highest BCUT2D eigenvalue weighted by atomic mass is 16.5. The van der Waals surface area contributed by atoms with Crippen molar-refractivity contribution in [3.8, 4) is 33.9 Å². The Bertz CT molecular complexity index is 1270. The van der Waals surface area contributed by atoms with Gasteiger partial charge in [0.25, 0.3) is 0 Å². The van der Waals surface area contributed by atoms with Crippen LogP contribution in [0, 0.1) is 0 Å². The fourth-order valence-electron chi connectivity index (χ4n) is 3.79. The van der Waals surface area contributed by atoms with Crippen molar-refractivity contribution in [2.24, 2.45) is 0 Å². The Hall–Kier alpha value is -3.80. The maximum Gasteiger partial charge on any atom is 0.359 e. The second-order valence-electron chi connectivity index (χ2n) is 8.56. The van der Waals surface area contributed by atoms with Gasteiger partial charge in [-0.2, -0.15) is 0 Å². The largest absolute Gasteiger partial charge is 0.491 e. The third kappa shape index (κ3) is 5.06. The van der Waals surface area contributed by atoms with Crippen LogP contribution in [0.3, 0.4) is 0 Å². The van der Waals surface area contributed by atoms with Gasteiger partial charge >= 0.3 is 5.97 Å². The van der Waals surface area contributed by atoms with Gasteiger partial charge in [-0.15, -0.1) is 0 Å². The van der Waals surface area contributed by atoms with Crippen molar-refractivity contribution in [1.29, 1.82) is 0 Å². The van der Waals surface area contributed by atoms with Crippen LogP contribution in [-0.2, 0) is 4.74 Å². The van der Waals surface area contributed by atoms with Crippen molar-refractivity contribution in [3.63, 3.8) is 0 Å². The predicted molar refractivity (Wildman–Crippen MR) is 134 cm³/mol. The molecule has 176 valence electrons. The van der Waals surface area contributed by atoms with Gasteiger partial charge < -0.3 is 14.2 Å². The summed E-state index contributed by atoms with van der Waals surface area (Å²) in [5, 5.41) is 0. The van der Waals surface area contributed by atoms with E-state index >= 15 is 0 Å². The smallest absolute Gasteiger partial charge is 0.359 e. The molecule has 0 unspecified atom stereocenters. The molecular formula is C28H30N2O4. The van der Waals surface area contributed by atoms with Gasteiger partial charge in [-0.25, -0.2) is 9.78 Å². The van der Waals surface area contributed by atoms with Crippen molar-refractivity contribution in [2.75, 3.05) is 6.61 Å². The molecular weight excluding hydrogens is 428 g/mol. The van der Waals surface area contributed by atoms with E-state index in [9.17, 15) is 4.79 Å². The third-order valence-electron chi connectivity index (χ3n) is 5.15. The Kier molecular flexibility index (Phi) is 6.87. The Balaban J connectivity index is 1.79. The molecule has 0 aliphatic rings. The molecule has 2 aromatic carbocycles. The summed E-state index contributed by atoms with van der Waals surface area (Å²) in [5.74, 6) is 1.16. The molecule has 4 aromatic rings. The number of benzene rings is 2. The predicted octanol–water partition coefficient (Wildman–Crippen LogP) is 6.42. The van der Waals surface area contributed by atoms with Gasteiger partial charge in [0.2, 0.25) is 0 Å². The molecule has 4 rings (SSSR count). The number of aromatic nitrogens is 2.